The Morgan fingerprint density at radius 3 is 2.25 bits per heavy atom. The molecule has 2 heteroatoms. The molecule has 0 saturated heterocycles. The first-order valence-corrected chi connectivity index (χ1v) is 7.02. The lowest BCUT2D eigenvalue weighted by atomic mass is 9.78. The molecule has 0 spiro atoms. The molecule has 96 valence electrons. The van der Waals surface area contributed by atoms with Gasteiger partial charge in [-0.1, -0.05) is 34.6 Å². The molecule has 1 aliphatic rings. The average Bonchev–Trinajstić information content (AvgIpc) is 2.13. The minimum Gasteiger partial charge on any atom is -0.314 e. The zero-order chi connectivity index (χ0) is 12.1. The van der Waals surface area contributed by atoms with Gasteiger partial charge in [-0.2, -0.15) is 0 Å². The molecule has 0 radical (unpaired) electrons. The van der Waals surface area contributed by atoms with Gasteiger partial charge in [0.2, 0.25) is 0 Å². The molecule has 0 heterocycles. The Hall–Kier alpha value is -0.0800. The van der Waals surface area contributed by atoms with E-state index in [9.17, 15) is 0 Å². The normalized spacial score (nSPS) is 25.5. The van der Waals surface area contributed by atoms with Gasteiger partial charge in [0.05, 0.1) is 0 Å². The van der Waals surface area contributed by atoms with Crippen molar-refractivity contribution in [2.75, 3.05) is 19.6 Å². The molecule has 0 amide bonds. The third-order valence-electron chi connectivity index (χ3n) is 3.64. The van der Waals surface area contributed by atoms with Crippen molar-refractivity contribution in [3.05, 3.63) is 0 Å². The summed E-state index contributed by atoms with van der Waals surface area (Å²) in [7, 11) is 0. The van der Waals surface area contributed by atoms with Crippen LogP contribution >= 0.6 is 0 Å². The molecule has 1 fully saturated rings. The second kappa shape index (κ2) is 6.61. The lowest BCUT2D eigenvalue weighted by Crippen LogP contribution is -2.52. The average molecular weight is 226 g/mol. The van der Waals surface area contributed by atoms with E-state index in [1.54, 1.807) is 0 Å². The van der Waals surface area contributed by atoms with E-state index in [-0.39, 0.29) is 0 Å². The van der Waals surface area contributed by atoms with Gasteiger partial charge < -0.3 is 10.2 Å². The lowest BCUT2D eigenvalue weighted by Gasteiger charge is -2.45. The van der Waals surface area contributed by atoms with E-state index in [2.05, 4.69) is 44.8 Å². The van der Waals surface area contributed by atoms with Crippen LogP contribution in [-0.2, 0) is 0 Å². The van der Waals surface area contributed by atoms with Crippen LogP contribution in [0.4, 0.5) is 0 Å². The van der Waals surface area contributed by atoms with Crippen LogP contribution < -0.4 is 5.32 Å². The van der Waals surface area contributed by atoms with E-state index in [1.165, 1.54) is 32.5 Å². The molecule has 1 rings (SSSR count). The van der Waals surface area contributed by atoms with E-state index in [0.29, 0.717) is 6.04 Å². The Labute approximate surface area is 102 Å². The van der Waals surface area contributed by atoms with Crippen molar-refractivity contribution in [2.24, 2.45) is 11.8 Å². The van der Waals surface area contributed by atoms with Gasteiger partial charge in [0.1, 0.15) is 0 Å². The molecule has 1 saturated carbocycles. The fraction of sp³-hybridized carbons (Fsp3) is 1.00. The maximum Gasteiger partial charge on any atom is 0.0136 e. The SMILES string of the molecule is CCN(CC(C)C)C1CCC1CNC(C)C. The summed E-state index contributed by atoms with van der Waals surface area (Å²) in [5, 5.41) is 3.58. The molecular formula is C14H30N2. The first-order valence-electron chi connectivity index (χ1n) is 7.02. The molecule has 0 bridgehead atoms. The predicted molar refractivity (Wildman–Crippen MR) is 71.7 cm³/mol. The Balaban J connectivity index is 2.34. The van der Waals surface area contributed by atoms with Crippen LogP contribution in [0.5, 0.6) is 0 Å². The van der Waals surface area contributed by atoms with Crippen molar-refractivity contribution >= 4 is 0 Å². The third-order valence-corrected chi connectivity index (χ3v) is 3.64. The highest BCUT2D eigenvalue weighted by Gasteiger charge is 2.34. The van der Waals surface area contributed by atoms with Crippen LogP contribution in [0, 0.1) is 11.8 Å². The number of hydrogen-bond acceptors (Lipinski definition) is 2. The molecule has 0 aromatic rings. The minimum absolute atomic E-state index is 0.626. The number of nitrogens with one attached hydrogen (secondary N) is 1. The number of hydrogen-bond donors (Lipinski definition) is 1. The first-order chi connectivity index (χ1) is 7.54. The van der Waals surface area contributed by atoms with Crippen molar-refractivity contribution < 1.29 is 0 Å². The van der Waals surface area contributed by atoms with Gasteiger partial charge in [0.15, 0.2) is 0 Å². The van der Waals surface area contributed by atoms with Gasteiger partial charge in [0, 0.05) is 18.6 Å². The van der Waals surface area contributed by atoms with Gasteiger partial charge in [-0.25, -0.2) is 0 Å². The van der Waals surface area contributed by atoms with E-state index in [4.69, 9.17) is 0 Å². The highest BCUT2D eigenvalue weighted by Crippen LogP contribution is 2.32. The predicted octanol–water partition coefficient (Wildman–Crippen LogP) is 2.74. The van der Waals surface area contributed by atoms with Crippen LogP contribution in [0.15, 0.2) is 0 Å². The van der Waals surface area contributed by atoms with Crippen LogP contribution in [0.3, 0.4) is 0 Å². The maximum absolute atomic E-state index is 3.58. The minimum atomic E-state index is 0.626. The quantitative estimate of drug-likeness (QED) is 0.718. The van der Waals surface area contributed by atoms with Crippen LogP contribution in [0.25, 0.3) is 0 Å². The van der Waals surface area contributed by atoms with Crippen molar-refractivity contribution in [1.82, 2.24) is 10.2 Å². The zero-order valence-electron chi connectivity index (χ0n) is 11.8. The Bertz CT molecular complexity index is 189. The van der Waals surface area contributed by atoms with Gasteiger partial charge in [0.25, 0.3) is 0 Å². The molecule has 0 aromatic heterocycles. The summed E-state index contributed by atoms with van der Waals surface area (Å²) in [4.78, 5) is 2.68. The molecular weight excluding hydrogens is 196 g/mol. The molecule has 0 aromatic carbocycles. The molecule has 16 heavy (non-hydrogen) atoms. The third kappa shape index (κ3) is 4.06. The van der Waals surface area contributed by atoms with Crippen LogP contribution in [0.2, 0.25) is 0 Å². The smallest absolute Gasteiger partial charge is 0.0136 e. The summed E-state index contributed by atoms with van der Waals surface area (Å²) in [6, 6.07) is 1.47. The summed E-state index contributed by atoms with van der Waals surface area (Å²) in [5.41, 5.74) is 0. The van der Waals surface area contributed by atoms with E-state index >= 15 is 0 Å². The van der Waals surface area contributed by atoms with Crippen molar-refractivity contribution in [2.45, 2.75) is 59.5 Å². The number of rotatable bonds is 7. The molecule has 2 nitrogen and oxygen atoms in total. The topological polar surface area (TPSA) is 15.3 Å². The summed E-state index contributed by atoms with van der Waals surface area (Å²) < 4.78 is 0. The van der Waals surface area contributed by atoms with Crippen LogP contribution in [-0.4, -0.2) is 36.6 Å². The van der Waals surface area contributed by atoms with Gasteiger partial charge in [-0.3, -0.25) is 0 Å². The zero-order valence-corrected chi connectivity index (χ0v) is 11.8. The summed E-state index contributed by atoms with van der Waals surface area (Å²) in [6.45, 7) is 15.1. The van der Waals surface area contributed by atoms with Gasteiger partial charge in [-0.15, -0.1) is 0 Å². The Morgan fingerprint density at radius 2 is 1.88 bits per heavy atom. The standard InChI is InChI=1S/C14H30N2/c1-6-16(10-11(2)3)14-8-7-13(14)9-15-12(4)5/h11-15H,6-10H2,1-5H3. The lowest BCUT2D eigenvalue weighted by molar-refractivity contribution is 0.0559. The Morgan fingerprint density at radius 1 is 1.19 bits per heavy atom. The summed E-state index contributed by atoms with van der Waals surface area (Å²) >= 11 is 0. The second-order valence-electron chi connectivity index (χ2n) is 5.95. The van der Waals surface area contributed by atoms with E-state index < -0.39 is 0 Å². The van der Waals surface area contributed by atoms with Crippen molar-refractivity contribution in [3.8, 4) is 0 Å². The Kier molecular flexibility index (Phi) is 5.77. The fourth-order valence-corrected chi connectivity index (χ4v) is 2.63. The highest BCUT2D eigenvalue weighted by atomic mass is 15.2. The van der Waals surface area contributed by atoms with Gasteiger partial charge in [-0.05, 0) is 37.8 Å². The van der Waals surface area contributed by atoms with Crippen LogP contribution in [0.1, 0.15) is 47.5 Å². The fourth-order valence-electron chi connectivity index (χ4n) is 2.63. The summed E-state index contributed by atoms with van der Waals surface area (Å²) in [6.07, 6.45) is 2.82. The largest absolute Gasteiger partial charge is 0.314 e. The van der Waals surface area contributed by atoms with Crippen molar-refractivity contribution in [1.29, 1.82) is 0 Å². The van der Waals surface area contributed by atoms with E-state index in [0.717, 1.165) is 17.9 Å². The monoisotopic (exact) mass is 226 g/mol. The molecule has 1 N–H and O–H groups in total. The van der Waals surface area contributed by atoms with E-state index in [1.807, 2.05) is 0 Å². The molecule has 0 aliphatic heterocycles. The number of nitrogens with zero attached hydrogens (tertiary/aromatic N) is 1. The highest BCUT2D eigenvalue weighted by molar-refractivity contribution is 4.90. The first kappa shape index (κ1) is 14.0. The maximum atomic E-state index is 3.58. The second-order valence-corrected chi connectivity index (χ2v) is 5.95. The summed E-state index contributed by atoms with van der Waals surface area (Å²) in [5.74, 6) is 1.68. The molecule has 2 unspecified atom stereocenters. The van der Waals surface area contributed by atoms with Crippen molar-refractivity contribution in [3.63, 3.8) is 0 Å². The molecule has 1 aliphatic carbocycles. The molecule has 2 atom stereocenters. The van der Waals surface area contributed by atoms with Gasteiger partial charge >= 0.3 is 0 Å².